The predicted octanol–water partition coefficient (Wildman–Crippen LogP) is 3.95. The van der Waals surface area contributed by atoms with Crippen molar-refractivity contribution in [2.24, 2.45) is 5.92 Å². The van der Waals surface area contributed by atoms with Gasteiger partial charge in [0.15, 0.2) is 0 Å². The van der Waals surface area contributed by atoms with Gasteiger partial charge in [0.2, 0.25) is 10.9 Å². The second kappa shape index (κ2) is 7.94. The molecule has 1 aliphatic heterocycles. The monoisotopic (exact) mass is 404 g/mol. The number of anilines is 1. The molecule has 1 N–H and O–H groups in total. The second-order valence-electron chi connectivity index (χ2n) is 7.16. The molecule has 2 aromatic rings. The Balaban J connectivity index is 1.40. The van der Waals surface area contributed by atoms with E-state index in [4.69, 9.17) is 11.6 Å². The molecule has 0 radical (unpaired) electrons. The Morgan fingerprint density at radius 2 is 2.04 bits per heavy atom. The summed E-state index contributed by atoms with van der Waals surface area (Å²) in [6.07, 6.45) is 5.14. The third-order valence-corrected chi connectivity index (χ3v) is 6.57. The van der Waals surface area contributed by atoms with Crippen molar-refractivity contribution in [1.82, 2.24) is 15.1 Å². The molecule has 1 atom stereocenters. The van der Waals surface area contributed by atoms with Crippen molar-refractivity contribution in [1.29, 1.82) is 0 Å². The molecule has 4 rings (SSSR count). The molecule has 1 saturated heterocycles. The Labute approximate surface area is 166 Å². The van der Waals surface area contributed by atoms with Crippen molar-refractivity contribution in [2.45, 2.75) is 38.0 Å². The zero-order valence-electron chi connectivity index (χ0n) is 14.9. The molecule has 142 valence electrons. The lowest BCUT2D eigenvalue weighted by Gasteiger charge is -2.36. The van der Waals surface area contributed by atoms with Crippen LogP contribution in [-0.2, 0) is 4.79 Å². The minimum Gasteiger partial charge on any atom is -0.342 e. The van der Waals surface area contributed by atoms with Gasteiger partial charge in [0.1, 0.15) is 5.01 Å². The molecule has 2 amide bonds. The highest BCUT2D eigenvalue weighted by Crippen LogP contribution is 2.33. The number of hydrogen-bond acceptors (Lipinski definition) is 5. The van der Waals surface area contributed by atoms with E-state index in [-0.39, 0.29) is 23.7 Å². The van der Waals surface area contributed by atoms with Crippen molar-refractivity contribution in [3.05, 3.63) is 39.3 Å². The number of benzene rings is 1. The smallest absolute Gasteiger partial charge is 0.286 e. The maximum absolute atomic E-state index is 12.5. The summed E-state index contributed by atoms with van der Waals surface area (Å²) in [5, 5.41) is 12.8. The van der Waals surface area contributed by atoms with E-state index < -0.39 is 0 Å². The van der Waals surface area contributed by atoms with Gasteiger partial charge in [-0.15, -0.1) is 10.2 Å². The van der Waals surface area contributed by atoms with E-state index >= 15 is 0 Å². The summed E-state index contributed by atoms with van der Waals surface area (Å²) in [4.78, 5) is 26.9. The van der Waals surface area contributed by atoms with Gasteiger partial charge in [-0.1, -0.05) is 35.4 Å². The van der Waals surface area contributed by atoms with Gasteiger partial charge in [-0.2, -0.15) is 0 Å². The summed E-state index contributed by atoms with van der Waals surface area (Å²) >= 11 is 7.25. The maximum atomic E-state index is 12.5. The lowest BCUT2D eigenvalue weighted by atomic mass is 9.83. The van der Waals surface area contributed by atoms with Crippen LogP contribution in [0.15, 0.2) is 24.3 Å². The Kier molecular flexibility index (Phi) is 5.41. The first kappa shape index (κ1) is 18.4. The second-order valence-corrected chi connectivity index (χ2v) is 8.61. The molecular weight excluding hydrogens is 384 g/mol. The summed E-state index contributed by atoms with van der Waals surface area (Å²) in [5.41, 5.74) is 0.624. The van der Waals surface area contributed by atoms with Crippen LogP contribution in [0.3, 0.4) is 0 Å². The van der Waals surface area contributed by atoms with Crippen LogP contribution < -0.4 is 5.32 Å². The van der Waals surface area contributed by atoms with Crippen molar-refractivity contribution in [3.8, 4) is 0 Å². The summed E-state index contributed by atoms with van der Waals surface area (Å²) in [5.74, 6) is 0.374. The maximum Gasteiger partial charge on any atom is 0.286 e. The van der Waals surface area contributed by atoms with E-state index in [0.717, 1.165) is 43.7 Å². The van der Waals surface area contributed by atoms with Crippen molar-refractivity contribution in [2.75, 3.05) is 18.4 Å². The van der Waals surface area contributed by atoms with Crippen LogP contribution in [0.1, 0.15) is 52.8 Å². The minimum absolute atomic E-state index is 0.160. The fraction of sp³-hybridized carbons (Fsp3) is 0.474. The number of aromatic nitrogens is 2. The lowest BCUT2D eigenvalue weighted by Crippen LogP contribution is -2.44. The highest BCUT2D eigenvalue weighted by molar-refractivity contribution is 7.13. The number of likely N-dealkylation sites (tertiary alicyclic amines) is 1. The van der Waals surface area contributed by atoms with Gasteiger partial charge in [0.25, 0.3) is 5.91 Å². The third kappa shape index (κ3) is 4.14. The number of nitrogens with zero attached hydrogens (tertiary/aromatic N) is 3. The normalized spacial score (nSPS) is 20.2. The molecule has 6 nitrogen and oxygen atoms in total. The van der Waals surface area contributed by atoms with Crippen LogP contribution in [-0.4, -0.2) is 40.0 Å². The molecule has 1 aromatic heterocycles. The standard InChI is InChI=1S/C19H21ClN4O2S/c20-14-7-2-8-15(10-14)21-16(25)18-23-22-17(27-18)13-6-3-9-24(11-13)19(26)12-4-1-5-12/h2,7-8,10,12-13H,1,3-6,9,11H2,(H,21,25)/t13-/m0/s1. The van der Waals surface area contributed by atoms with Crippen LogP contribution >= 0.6 is 22.9 Å². The van der Waals surface area contributed by atoms with Crippen LogP contribution in [0, 0.1) is 5.92 Å². The average molecular weight is 405 g/mol. The van der Waals surface area contributed by atoms with Crippen LogP contribution in [0.25, 0.3) is 0 Å². The molecule has 2 fully saturated rings. The summed E-state index contributed by atoms with van der Waals surface area (Å²) < 4.78 is 0. The van der Waals surface area contributed by atoms with Gasteiger partial charge in [0, 0.05) is 35.6 Å². The zero-order chi connectivity index (χ0) is 18.8. The summed E-state index contributed by atoms with van der Waals surface area (Å²) in [6.45, 7) is 1.51. The zero-order valence-corrected chi connectivity index (χ0v) is 16.4. The first-order valence-electron chi connectivity index (χ1n) is 9.29. The molecule has 1 aromatic carbocycles. The van der Waals surface area contributed by atoms with Gasteiger partial charge < -0.3 is 10.2 Å². The fourth-order valence-electron chi connectivity index (χ4n) is 3.53. The molecular formula is C19H21ClN4O2S. The predicted molar refractivity (Wildman–Crippen MR) is 105 cm³/mol. The Hall–Kier alpha value is -1.99. The number of carbonyl (C=O) groups excluding carboxylic acids is 2. The number of amides is 2. The largest absolute Gasteiger partial charge is 0.342 e. The van der Waals surface area contributed by atoms with E-state index in [1.54, 1.807) is 24.3 Å². The molecule has 1 aliphatic carbocycles. The molecule has 2 aliphatic rings. The van der Waals surface area contributed by atoms with Gasteiger partial charge in [-0.05, 0) is 43.9 Å². The summed E-state index contributed by atoms with van der Waals surface area (Å²) in [6, 6.07) is 6.99. The molecule has 8 heteroatoms. The number of piperidine rings is 1. The van der Waals surface area contributed by atoms with Gasteiger partial charge in [-0.25, -0.2) is 0 Å². The SMILES string of the molecule is O=C(Nc1cccc(Cl)c1)c1nnc([C@H]2CCCN(C(=O)C3CCC3)C2)s1. The molecule has 27 heavy (non-hydrogen) atoms. The van der Waals surface area contributed by atoms with Crippen LogP contribution in [0.4, 0.5) is 5.69 Å². The van der Waals surface area contributed by atoms with E-state index in [2.05, 4.69) is 15.5 Å². The molecule has 2 heterocycles. The summed E-state index contributed by atoms with van der Waals surface area (Å²) in [7, 11) is 0. The van der Waals surface area contributed by atoms with Gasteiger partial charge >= 0.3 is 0 Å². The highest BCUT2D eigenvalue weighted by atomic mass is 35.5. The van der Waals surface area contributed by atoms with Crippen molar-refractivity contribution in [3.63, 3.8) is 0 Å². The van der Waals surface area contributed by atoms with Crippen LogP contribution in [0.2, 0.25) is 5.02 Å². The Morgan fingerprint density at radius 3 is 2.78 bits per heavy atom. The van der Waals surface area contributed by atoms with E-state index in [1.807, 2.05) is 4.90 Å². The molecule has 1 saturated carbocycles. The van der Waals surface area contributed by atoms with Gasteiger partial charge in [-0.3, -0.25) is 9.59 Å². The van der Waals surface area contributed by atoms with Crippen molar-refractivity contribution < 1.29 is 9.59 Å². The molecule has 0 unspecified atom stereocenters. The minimum atomic E-state index is -0.292. The molecule has 0 bridgehead atoms. The first-order chi connectivity index (χ1) is 13.1. The third-order valence-electron chi connectivity index (χ3n) is 5.25. The van der Waals surface area contributed by atoms with E-state index in [9.17, 15) is 9.59 Å². The average Bonchev–Trinajstić information content (AvgIpc) is 3.11. The van der Waals surface area contributed by atoms with Gasteiger partial charge in [0.05, 0.1) is 0 Å². The van der Waals surface area contributed by atoms with E-state index in [0.29, 0.717) is 22.3 Å². The topological polar surface area (TPSA) is 75.2 Å². The Bertz CT molecular complexity index is 852. The van der Waals surface area contributed by atoms with Crippen molar-refractivity contribution >= 4 is 40.4 Å². The quantitative estimate of drug-likeness (QED) is 0.837. The fourth-order valence-corrected chi connectivity index (χ4v) is 4.59. The number of rotatable bonds is 4. The van der Waals surface area contributed by atoms with Crippen LogP contribution in [0.5, 0.6) is 0 Å². The Morgan fingerprint density at radius 1 is 1.19 bits per heavy atom. The number of halogens is 1. The molecule has 0 spiro atoms. The number of carbonyl (C=O) groups is 2. The lowest BCUT2D eigenvalue weighted by molar-refractivity contribution is -0.139. The van der Waals surface area contributed by atoms with E-state index in [1.165, 1.54) is 11.3 Å². The highest BCUT2D eigenvalue weighted by Gasteiger charge is 2.33. The number of hydrogen-bond donors (Lipinski definition) is 1. The number of nitrogens with one attached hydrogen (secondary N) is 1. The first-order valence-corrected chi connectivity index (χ1v) is 10.5.